The van der Waals surface area contributed by atoms with Gasteiger partial charge in [0.25, 0.3) is 0 Å². The number of amides is 1. The van der Waals surface area contributed by atoms with Gasteiger partial charge in [0.05, 0.1) is 0 Å². The van der Waals surface area contributed by atoms with Crippen LogP contribution in [0.25, 0.3) is 11.1 Å². The lowest BCUT2D eigenvalue weighted by atomic mass is 9.98. The molecule has 6 heteroatoms. The zero-order valence-electron chi connectivity index (χ0n) is 16.1. The fourth-order valence-electron chi connectivity index (χ4n) is 4.41. The van der Waals surface area contributed by atoms with E-state index in [1.54, 1.807) is 0 Å². The van der Waals surface area contributed by atoms with E-state index in [0.717, 1.165) is 28.7 Å². The summed E-state index contributed by atoms with van der Waals surface area (Å²) in [6, 6.07) is 16.2. The standard InChI is InChI=1S/C23H24N2O4/c1-24-12-6-7-15-13-23(15,21(26)27)25-22(28)29-14-20-18-10-4-2-8-16(18)17-9-3-5-11-19(17)20/h2-5,8-11,15,20H,1,6-7,12-14H2,(H,25,28)(H,26,27). The van der Waals surface area contributed by atoms with Crippen LogP contribution in [-0.2, 0) is 9.53 Å². The van der Waals surface area contributed by atoms with Crippen LogP contribution in [0.4, 0.5) is 4.79 Å². The zero-order valence-corrected chi connectivity index (χ0v) is 16.1. The molecule has 0 aliphatic heterocycles. The van der Waals surface area contributed by atoms with Crippen molar-refractivity contribution >= 4 is 18.8 Å². The highest BCUT2D eigenvalue weighted by atomic mass is 16.5. The number of hydrogen-bond acceptors (Lipinski definition) is 4. The summed E-state index contributed by atoms with van der Waals surface area (Å²) in [7, 11) is 0. The number of hydrogen-bond donors (Lipinski definition) is 2. The molecule has 2 N–H and O–H groups in total. The summed E-state index contributed by atoms with van der Waals surface area (Å²) < 4.78 is 5.50. The zero-order chi connectivity index (χ0) is 20.4. The van der Waals surface area contributed by atoms with E-state index in [1.165, 1.54) is 0 Å². The van der Waals surface area contributed by atoms with Gasteiger partial charge in [-0.3, -0.25) is 0 Å². The molecule has 6 nitrogen and oxygen atoms in total. The fourth-order valence-corrected chi connectivity index (χ4v) is 4.41. The number of carbonyl (C=O) groups is 2. The van der Waals surface area contributed by atoms with Gasteiger partial charge >= 0.3 is 12.1 Å². The molecule has 2 aliphatic carbocycles. The quantitative estimate of drug-likeness (QED) is 0.528. The van der Waals surface area contributed by atoms with Crippen LogP contribution in [0.15, 0.2) is 53.5 Å². The minimum atomic E-state index is -1.22. The lowest BCUT2D eigenvalue weighted by Crippen LogP contribution is -2.45. The van der Waals surface area contributed by atoms with Crippen LogP contribution >= 0.6 is 0 Å². The highest BCUT2D eigenvalue weighted by Crippen LogP contribution is 2.47. The predicted molar refractivity (Wildman–Crippen MR) is 110 cm³/mol. The average Bonchev–Trinajstić information content (AvgIpc) is 3.33. The van der Waals surface area contributed by atoms with Gasteiger partial charge in [-0.05, 0) is 54.2 Å². The van der Waals surface area contributed by atoms with Gasteiger partial charge < -0.3 is 20.2 Å². The van der Waals surface area contributed by atoms with Gasteiger partial charge in [-0.2, -0.15) is 0 Å². The number of aliphatic imine (C=N–C) groups is 1. The van der Waals surface area contributed by atoms with Crippen molar-refractivity contribution in [1.82, 2.24) is 5.32 Å². The normalized spacial score (nSPS) is 21.7. The molecule has 2 aliphatic rings. The van der Waals surface area contributed by atoms with E-state index in [1.807, 2.05) is 36.4 Å². The molecule has 1 fully saturated rings. The van der Waals surface area contributed by atoms with E-state index in [2.05, 4.69) is 29.2 Å². The molecule has 29 heavy (non-hydrogen) atoms. The van der Waals surface area contributed by atoms with Crippen molar-refractivity contribution in [2.45, 2.75) is 30.7 Å². The number of ether oxygens (including phenoxy) is 1. The molecule has 2 unspecified atom stereocenters. The maximum absolute atomic E-state index is 12.4. The van der Waals surface area contributed by atoms with Gasteiger partial charge in [0.15, 0.2) is 0 Å². The van der Waals surface area contributed by atoms with Crippen molar-refractivity contribution in [2.75, 3.05) is 13.2 Å². The second-order valence-corrected chi connectivity index (χ2v) is 7.72. The largest absolute Gasteiger partial charge is 0.479 e. The molecule has 2 aromatic rings. The summed E-state index contributed by atoms with van der Waals surface area (Å²) in [5.74, 6) is -1.16. The molecule has 0 heterocycles. The smallest absolute Gasteiger partial charge is 0.408 e. The van der Waals surface area contributed by atoms with Crippen molar-refractivity contribution < 1.29 is 19.4 Å². The molecular weight excluding hydrogens is 368 g/mol. The number of carbonyl (C=O) groups excluding carboxylic acids is 1. The molecule has 0 saturated heterocycles. The average molecular weight is 392 g/mol. The highest BCUT2D eigenvalue weighted by Gasteiger charge is 2.61. The first-order valence-corrected chi connectivity index (χ1v) is 9.86. The third-order valence-corrected chi connectivity index (χ3v) is 6.02. The van der Waals surface area contributed by atoms with Crippen LogP contribution in [0.3, 0.4) is 0 Å². The SMILES string of the molecule is C=NCCCC1CC1(NC(=O)OCC1c2ccccc2-c2ccccc21)C(=O)O. The first-order valence-electron chi connectivity index (χ1n) is 9.86. The molecule has 2 atom stereocenters. The lowest BCUT2D eigenvalue weighted by molar-refractivity contribution is -0.141. The number of benzene rings is 2. The fraction of sp³-hybridized carbons (Fsp3) is 0.348. The summed E-state index contributed by atoms with van der Waals surface area (Å²) in [6.07, 6.45) is 1.19. The number of fused-ring (bicyclic) bond motifs is 3. The van der Waals surface area contributed by atoms with Gasteiger partial charge in [-0.1, -0.05) is 48.5 Å². The number of nitrogens with zero attached hydrogens (tertiary/aromatic N) is 1. The number of carboxylic acids is 1. The molecule has 0 radical (unpaired) electrons. The molecule has 0 bridgehead atoms. The summed E-state index contributed by atoms with van der Waals surface area (Å²) in [6.45, 7) is 4.20. The van der Waals surface area contributed by atoms with Gasteiger partial charge in [0.1, 0.15) is 12.1 Å². The molecule has 0 aromatic heterocycles. The summed E-state index contributed by atoms with van der Waals surface area (Å²) in [5, 5.41) is 12.2. The van der Waals surface area contributed by atoms with Crippen molar-refractivity contribution in [1.29, 1.82) is 0 Å². The first-order chi connectivity index (χ1) is 14.1. The monoisotopic (exact) mass is 392 g/mol. The predicted octanol–water partition coefficient (Wildman–Crippen LogP) is 3.85. The van der Waals surface area contributed by atoms with Crippen LogP contribution in [0.5, 0.6) is 0 Å². The van der Waals surface area contributed by atoms with Crippen LogP contribution in [-0.4, -0.2) is 42.6 Å². The maximum Gasteiger partial charge on any atom is 0.408 e. The number of alkyl carbamates (subject to hydrolysis) is 1. The van der Waals surface area contributed by atoms with E-state index in [4.69, 9.17) is 4.74 Å². The number of rotatable bonds is 8. The van der Waals surface area contributed by atoms with Crippen molar-refractivity contribution in [3.8, 4) is 11.1 Å². The molecule has 4 rings (SSSR count). The Hall–Kier alpha value is -3.15. The Morgan fingerprint density at radius 1 is 1.14 bits per heavy atom. The number of nitrogens with one attached hydrogen (secondary N) is 1. The van der Waals surface area contributed by atoms with Crippen molar-refractivity contribution in [3.63, 3.8) is 0 Å². The van der Waals surface area contributed by atoms with Crippen LogP contribution in [0.1, 0.15) is 36.3 Å². The van der Waals surface area contributed by atoms with Crippen LogP contribution in [0, 0.1) is 5.92 Å². The Balaban J connectivity index is 1.41. The summed E-state index contributed by atoms with van der Waals surface area (Å²) in [5.41, 5.74) is 3.32. The minimum absolute atomic E-state index is 0.0532. The van der Waals surface area contributed by atoms with E-state index < -0.39 is 17.6 Å². The van der Waals surface area contributed by atoms with Gasteiger partial charge in [0.2, 0.25) is 0 Å². The molecule has 150 valence electrons. The van der Waals surface area contributed by atoms with E-state index >= 15 is 0 Å². The summed E-state index contributed by atoms with van der Waals surface area (Å²) >= 11 is 0. The topological polar surface area (TPSA) is 88.0 Å². The van der Waals surface area contributed by atoms with Gasteiger partial charge in [-0.15, -0.1) is 0 Å². The third-order valence-electron chi connectivity index (χ3n) is 6.02. The molecule has 1 saturated carbocycles. The Morgan fingerprint density at radius 3 is 2.34 bits per heavy atom. The molecular formula is C23H24N2O4. The van der Waals surface area contributed by atoms with Crippen molar-refractivity contribution in [3.05, 3.63) is 59.7 Å². The third kappa shape index (κ3) is 3.50. The Labute approximate surface area is 169 Å². The van der Waals surface area contributed by atoms with Gasteiger partial charge in [0, 0.05) is 12.5 Å². The maximum atomic E-state index is 12.4. The minimum Gasteiger partial charge on any atom is -0.479 e. The Kier molecular flexibility index (Phi) is 5.09. The van der Waals surface area contributed by atoms with Crippen LogP contribution in [0.2, 0.25) is 0 Å². The second kappa shape index (κ2) is 7.70. The van der Waals surface area contributed by atoms with Gasteiger partial charge in [-0.25, -0.2) is 9.59 Å². The number of aliphatic carboxylic acids is 1. The molecule has 1 amide bonds. The van der Waals surface area contributed by atoms with Crippen LogP contribution < -0.4 is 5.32 Å². The summed E-state index contributed by atoms with van der Waals surface area (Å²) in [4.78, 5) is 28.0. The van der Waals surface area contributed by atoms with E-state index in [0.29, 0.717) is 19.4 Å². The highest BCUT2D eigenvalue weighted by molar-refractivity contribution is 5.88. The number of carboxylic acid groups (broad SMARTS) is 1. The first kappa shape index (κ1) is 19.2. The second-order valence-electron chi connectivity index (χ2n) is 7.72. The lowest BCUT2D eigenvalue weighted by Gasteiger charge is -2.18. The molecule has 0 spiro atoms. The van der Waals surface area contributed by atoms with Crippen molar-refractivity contribution in [2.24, 2.45) is 10.9 Å². The Morgan fingerprint density at radius 2 is 1.76 bits per heavy atom. The molecule has 2 aromatic carbocycles. The Bertz CT molecular complexity index is 912. The van der Waals surface area contributed by atoms with E-state index in [9.17, 15) is 14.7 Å². The van der Waals surface area contributed by atoms with E-state index in [-0.39, 0.29) is 18.4 Å².